The maximum Gasteiger partial charge on any atom is 0.343 e. The van der Waals surface area contributed by atoms with Gasteiger partial charge in [0.2, 0.25) is 0 Å². The molecule has 0 radical (unpaired) electrons. The van der Waals surface area contributed by atoms with E-state index >= 15 is 0 Å². The van der Waals surface area contributed by atoms with Gasteiger partial charge in [0, 0.05) is 30.4 Å². The van der Waals surface area contributed by atoms with Gasteiger partial charge in [-0.05, 0) is 38.8 Å². The van der Waals surface area contributed by atoms with Gasteiger partial charge in [0.15, 0.2) is 5.79 Å². The molecule has 0 saturated carbocycles. The third kappa shape index (κ3) is 4.73. The fourth-order valence-electron chi connectivity index (χ4n) is 4.08. The zero-order chi connectivity index (χ0) is 23.0. The Labute approximate surface area is 180 Å². The molecule has 0 amide bonds. The van der Waals surface area contributed by atoms with E-state index in [0.29, 0.717) is 18.4 Å². The Morgan fingerprint density at radius 3 is 2.68 bits per heavy atom. The quantitative estimate of drug-likeness (QED) is 0.374. The number of fused-ring (bicyclic) bond motifs is 3. The molecule has 1 fully saturated rings. The molecule has 4 atom stereocenters. The minimum Gasteiger partial charge on any atom is -0.461 e. The van der Waals surface area contributed by atoms with E-state index in [-0.39, 0.29) is 36.5 Å². The fourth-order valence-corrected chi connectivity index (χ4v) is 4.08. The molecule has 0 spiro atoms. The maximum atomic E-state index is 12.6. The molecule has 0 aromatic carbocycles. The van der Waals surface area contributed by atoms with E-state index < -0.39 is 41.3 Å². The highest BCUT2D eigenvalue weighted by atomic mass is 16.6. The van der Waals surface area contributed by atoms with Gasteiger partial charge in [0.05, 0.1) is 17.8 Å². The normalized spacial score (nSPS) is 33.0. The Morgan fingerprint density at radius 1 is 1.32 bits per heavy atom. The zero-order valence-corrected chi connectivity index (χ0v) is 18.1. The van der Waals surface area contributed by atoms with Crippen LogP contribution in [0.25, 0.3) is 0 Å². The third-order valence-corrected chi connectivity index (χ3v) is 5.91. The van der Waals surface area contributed by atoms with Crippen LogP contribution in [-0.4, -0.2) is 58.8 Å². The van der Waals surface area contributed by atoms with E-state index in [9.17, 15) is 19.5 Å². The molecule has 2 bridgehead atoms. The number of esters is 3. The first-order chi connectivity index (χ1) is 14.5. The number of aliphatic hydroxyl groups is 2. The summed E-state index contributed by atoms with van der Waals surface area (Å²) in [6.07, 6.45) is 2.95. The smallest absolute Gasteiger partial charge is 0.343 e. The van der Waals surface area contributed by atoms with Crippen molar-refractivity contribution >= 4 is 17.9 Å². The number of carbonyl (C=O) groups is 3. The van der Waals surface area contributed by atoms with E-state index in [4.69, 9.17) is 24.1 Å². The number of carbonyl (C=O) groups excluding carboxylic acids is 3. The van der Waals surface area contributed by atoms with Crippen LogP contribution in [0.2, 0.25) is 0 Å². The van der Waals surface area contributed by atoms with Crippen molar-refractivity contribution in [2.24, 2.45) is 5.92 Å². The van der Waals surface area contributed by atoms with Crippen LogP contribution in [0.3, 0.4) is 0 Å². The van der Waals surface area contributed by atoms with Gasteiger partial charge in [-0.15, -0.1) is 0 Å². The number of ether oxygens (including phenoxy) is 4. The second-order valence-corrected chi connectivity index (χ2v) is 8.43. The molecule has 0 aromatic heterocycles. The molecule has 170 valence electrons. The molecule has 0 aromatic rings. The standard InChI is InChI=1S/C22H28O9/c1-12(5-8-23)19(25)29-16-9-13(2)22(27)7-6-21(4,31-22)10-17-18(16)15(20(26)30-17)11-28-14(3)24/h5,10,13,16,23,27H,6-9,11H2,1-4H3. The molecule has 31 heavy (non-hydrogen) atoms. The minimum atomic E-state index is -1.44. The molecule has 0 aliphatic carbocycles. The molecular formula is C22H28O9. The Morgan fingerprint density at radius 2 is 2.03 bits per heavy atom. The predicted octanol–water partition coefficient (Wildman–Crippen LogP) is 1.43. The summed E-state index contributed by atoms with van der Waals surface area (Å²) in [5, 5.41) is 20.1. The van der Waals surface area contributed by atoms with Crippen LogP contribution >= 0.6 is 0 Å². The van der Waals surface area contributed by atoms with Gasteiger partial charge in [-0.25, -0.2) is 9.59 Å². The van der Waals surface area contributed by atoms with Crippen molar-refractivity contribution < 1.29 is 43.5 Å². The fraction of sp³-hybridized carbons (Fsp3) is 0.591. The van der Waals surface area contributed by atoms with Crippen LogP contribution in [0, 0.1) is 5.92 Å². The monoisotopic (exact) mass is 436 g/mol. The molecular weight excluding hydrogens is 408 g/mol. The van der Waals surface area contributed by atoms with Crippen LogP contribution in [-0.2, 0) is 33.3 Å². The molecule has 9 heteroatoms. The second-order valence-electron chi connectivity index (χ2n) is 8.43. The van der Waals surface area contributed by atoms with Gasteiger partial charge in [-0.3, -0.25) is 4.79 Å². The van der Waals surface area contributed by atoms with Crippen molar-refractivity contribution in [2.75, 3.05) is 13.2 Å². The topological polar surface area (TPSA) is 129 Å². The molecule has 2 N–H and O–H groups in total. The Bertz CT molecular complexity index is 883. The molecule has 9 nitrogen and oxygen atoms in total. The summed E-state index contributed by atoms with van der Waals surface area (Å²) in [6, 6.07) is 0. The minimum absolute atomic E-state index is 0.0728. The van der Waals surface area contributed by atoms with Crippen LogP contribution in [0.15, 0.2) is 34.6 Å². The Kier molecular flexibility index (Phi) is 6.40. The summed E-state index contributed by atoms with van der Waals surface area (Å²) in [5.41, 5.74) is -0.337. The third-order valence-electron chi connectivity index (χ3n) is 5.91. The molecule has 1 saturated heterocycles. The summed E-state index contributed by atoms with van der Waals surface area (Å²) < 4.78 is 22.2. The van der Waals surface area contributed by atoms with Crippen molar-refractivity contribution in [3.8, 4) is 0 Å². The molecule has 4 unspecified atom stereocenters. The summed E-state index contributed by atoms with van der Waals surface area (Å²) in [6.45, 7) is 5.60. The van der Waals surface area contributed by atoms with Crippen LogP contribution in [0.1, 0.15) is 47.0 Å². The Hall–Kier alpha value is -2.49. The molecule has 3 heterocycles. The molecule has 3 aliphatic rings. The molecule has 3 rings (SSSR count). The van der Waals surface area contributed by atoms with Crippen molar-refractivity contribution in [1.82, 2.24) is 0 Å². The highest BCUT2D eigenvalue weighted by Gasteiger charge is 2.52. The first-order valence-corrected chi connectivity index (χ1v) is 10.2. The van der Waals surface area contributed by atoms with Gasteiger partial charge in [-0.2, -0.15) is 0 Å². The number of hydrogen-bond acceptors (Lipinski definition) is 9. The van der Waals surface area contributed by atoms with Crippen molar-refractivity contribution in [2.45, 2.75) is 64.4 Å². The average molecular weight is 436 g/mol. The van der Waals surface area contributed by atoms with Crippen molar-refractivity contribution in [1.29, 1.82) is 0 Å². The highest BCUT2D eigenvalue weighted by Crippen LogP contribution is 2.47. The van der Waals surface area contributed by atoms with Gasteiger partial charge in [0.1, 0.15) is 18.5 Å². The second kappa shape index (κ2) is 8.57. The summed E-state index contributed by atoms with van der Waals surface area (Å²) in [7, 11) is 0. The molecule has 3 aliphatic heterocycles. The number of hydrogen-bond donors (Lipinski definition) is 2. The van der Waals surface area contributed by atoms with Crippen LogP contribution in [0.4, 0.5) is 0 Å². The lowest BCUT2D eigenvalue weighted by atomic mass is 9.86. The van der Waals surface area contributed by atoms with E-state index in [1.54, 1.807) is 19.9 Å². The largest absolute Gasteiger partial charge is 0.461 e. The predicted molar refractivity (Wildman–Crippen MR) is 106 cm³/mol. The highest BCUT2D eigenvalue weighted by molar-refractivity contribution is 5.96. The lowest BCUT2D eigenvalue weighted by Gasteiger charge is -2.33. The summed E-state index contributed by atoms with van der Waals surface area (Å²) in [4.78, 5) is 36.5. The van der Waals surface area contributed by atoms with Crippen LogP contribution in [0.5, 0.6) is 0 Å². The van der Waals surface area contributed by atoms with Gasteiger partial charge < -0.3 is 29.2 Å². The lowest BCUT2D eigenvalue weighted by Crippen LogP contribution is -2.40. The van der Waals surface area contributed by atoms with Gasteiger partial charge in [0.25, 0.3) is 0 Å². The maximum absolute atomic E-state index is 12.6. The average Bonchev–Trinajstić information content (AvgIpc) is 3.15. The zero-order valence-electron chi connectivity index (χ0n) is 18.1. The van der Waals surface area contributed by atoms with E-state index in [0.717, 1.165) is 0 Å². The summed E-state index contributed by atoms with van der Waals surface area (Å²) in [5.74, 6) is -3.70. The number of rotatable bonds is 5. The van der Waals surface area contributed by atoms with E-state index in [2.05, 4.69) is 0 Å². The number of aliphatic hydroxyl groups excluding tert-OH is 1. The Balaban J connectivity index is 2.10. The SMILES string of the molecule is CC(=O)OCC1=C2C(=CC3(C)CCC(O)(O3)C(C)CC2OC(=O)C(C)=CCO)OC1=O. The van der Waals surface area contributed by atoms with Crippen molar-refractivity contribution in [3.05, 3.63) is 34.6 Å². The lowest BCUT2D eigenvalue weighted by molar-refractivity contribution is -0.238. The van der Waals surface area contributed by atoms with Crippen LogP contribution < -0.4 is 0 Å². The van der Waals surface area contributed by atoms with E-state index in [1.165, 1.54) is 19.9 Å². The van der Waals surface area contributed by atoms with E-state index in [1.807, 2.05) is 0 Å². The van der Waals surface area contributed by atoms with Gasteiger partial charge in [-0.1, -0.05) is 6.92 Å². The first-order valence-electron chi connectivity index (χ1n) is 10.2. The first kappa shape index (κ1) is 23.2. The summed E-state index contributed by atoms with van der Waals surface area (Å²) >= 11 is 0. The van der Waals surface area contributed by atoms with Gasteiger partial charge >= 0.3 is 17.9 Å². The van der Waals surface area contributed by atoms with Crippen molar-refractivity contribution in [3.63, 3.8) is 0 Å².